The summed E-state index contributed by atoms with van der Waals surface area (Å²) in [5.41, 5.74) is 2.46. The lowest BCUT2D eigenvalue weighted by Crippen LogP contribution is -2.21. The molecule has 3 heterocycles. The molecule has 5 rings (SSSR count). The molecule has 0 spiro atoms. The average Bonchev–Trinajstić information content (AvgIpc) is 3.75. The van der Waals surface area contributed by atoms with Gasteiger partial charge in [0, 0.05) is 19.0 Å². The third kappa shape index (κ3) is 4.87. The third-order valence-electron chi connectivity index (χ3n) is 5.52. The highest BCUT2D eigenvalue weighted by Crippen LogP contribution is 2.39. The molecule has 3 aromatic heterocycles. The summed E-state index contributed by atoms with van der Waals surface area (Å²) in [5, 5.41) is 25.5. The number of nitrogens with one attached hydrogen (secondary N) is 3. The van der Waals surface area contributed by atoms with Gasteiger partial charge in [0.1, 0.15) is 0 Å². The van der Waals surface area contributed by atoms with Crippen molar-refractivity contribution in [3.63, 3.8) is 0 Å². The molecule has 0 radical (unpaired) electrons. The number of methoxy groups -OCH3 is 1. The first-order chi connectivity index (χ1) is 17.6. The number of halogens is 1. The van der Waals surface area contributed by atoms with Crippen molar-refractivity contribution in [2.24, 2.45) is 0 Å². The van der Waals surface area contributed by atoms with Gasteiger partial charge in [-0.05, 0) is 37.1 Å². The lowest BCUT2D eigenvalue weighted by atomic mass is 10.1. The van der Waals surface area contributed by atoms with Crippen molar-refractivity contribution in [1.29, 1.82) is 0 Å². The molecule has 0 atom stereocenters. The zero-order chi connectivity index (χ0) is 25.1. The van der Waals surface area contributed by atoms with Crippen LogP contribution in [0.5, 0.6) is 5.75 Å². The molecule has 0 saturated heterocycles. The molecule has 1 aromatic carbocycles. The second kappa shape index (κ2) is 9.86. The lowest BCUT2D eigenvalue weighted by molar-refractivity contribution is 0.0958. The van der Waals surface area contributed by atoms with Crippen molar-refractivity contribution in [2.75, 3.05) is 24.8 Å². The van der Waals surface area contributed by atoms with Crippen molar-refractivity contribution < 1.29 is 13.9 Å². The van der Waals surface area contributed by atoms with Gasteiger partial charge in [-0.3, -0.25) is 4.79 Å². The van der Waals surface area contributed by atoms with E-state index in [0.29, 0.717) is 40.2 Å². The van der Waals surface area contributed by atoms with Crippen LogP contribution in [0.15, 0.2) is 48.8 Å². The number of carbonyl (C=O) groups excluding carboxylic acids is 1. The SMILES string of the molecule is CNC(=O)c1nnc(Nc2ccc(C3CC3)nn2)cc1Nc1cccc(-c2ncc(F)cn2)c1OC. The molecule has 3 N–H and O–H groups in total. The molecular formula is C24H22FN9O2. The maximum Gasteiger partial charge on any atom is 0.273 e. The predicted octanol–water partition coefficient (Wildman–Crippen LogP) is 3.60. The summed E-state index contributed by atoms with van der Waals surface area (Å²) in [4.78, 5) is 20.6. The summed E-state index contributed by atoms with van der Waals surface area (Å²) in [6, 6.07) is 10.7. The maximum absolute atomic E-state index is 13.3. The maximum atomic E-state index is 13.3. The Labute approximate surface area is 205 Å². The van der Waals surface area contributed by atoms with Gasteiger partial charge in [0.2, 0.25) is 0 Å². The van der Waals surface area contributed by atoms with Gasteiger partial charge < -0.3 is 20.7 Å². The molecule has 1 fully saturated rings. The molecule has 1 aliphatic carbocycles. The first kappa shape index (κ1) is 23.0. The highest BCUT2D eigenvalue weighted by Gasteiger charge is 2.25. The molecule has 12 heteroatoms. The average molecular weight is 487 g/mol. The van der Waals surface area contributed by atoms with Crippen LogP contribution >= 0.6 is 0 Å². The number of anilines is 4. The van der Waals surface area contributed by atoms with Crippen LogP contribution in [0.2, 0.25) is 0 Å². The van der Waals surface area contributed by atoms with Gasteiger partial charge in [0.15, 0.2) is 34.7 Å². The van der Waals surface area contributed by atoms with E-state index in [2.05, 4.69) is 46.3 Å². The van der Waals surface area contributed by atoms with Gasteiger partial charge in [-0.25, -0.2) is 14.4 Å². The molecule has 11 nitrogen and oxygen atoms in total. The number of benzene rings is 1. The number of carbonyl (C=O) groups is 1. The smallest absolute Gasteiger partial charge is 0.273 e. The van der Waals surface area contributed by atoms with Gasteiger partial charge in [0.05, 0.1) is 42.1 Å². The minimum atomic E-state index is -0.544. The van der Waals surface area contributed by atoms with E-state index in [4.69, 9.17) is 4.74 Å². The summed E-state index contributed by atoms with van der Waals surface area (Å²) in [6.07, 6.45) is 4.44. The Bertz CT molecular complexity index is 1390. The number of ether oxygens (including phenoxy) is 1. The van der Waals surface area contributed by atoms with E-state index in [9.17, 15) is 9.18 Å². The van der Waals surface area contributed by atoms with Crippen molar-refractivity contribution >= 4 is 28.9 Å². The molecule has 36 heavy (non-hydrogen) atoms. The van der Waals surface area contributed by atoms with Crippen molar-refractivity contribution in [3.8, 4) is 17.1 Å². The molecule has 1 saturated carbocycles. The number of aromatic nitrogens is 6. The van der Waals surface area contributed by atoms with Crippen LogP contribution in [0.3, 0.4) is 0 Å². The van der Waals surface area contributed by atoms with E-state index in [1.54, 1.807) is 24.3 Å². The topological polar surface area (TPSA) is 140 Å². The van der Waals surface area contributed by atoms with Gasteiger partial charge in [0.25, 0.3) is 5.91 Å². The van der Waals surface area contributed by atoms with E-state index in [-0.39, 0.29) is 11.5 Å². The van der Waals surface area contributed by atoms with Crippen molar-refractivity contribution in [2.45, 2.75) is 18.8 Å². The number of amides is 1. The summed E-state index contributed by atoms with van der Waals surface area (Å²) in [6.45, 7) is 0. The van der Waals surface area contributed by atoms with E-state index < -0.39 is 11.7 Å². The van der Waals surface area contributed by atoms with Crippen LogP contribution in [0, 0.1) is 5.82 Å². The second-order valence-corrected chi connectivity index (χ2v) is 8.05. The van der Waals surface area contributed by atoms with Crippen LogP contribution in [-0.4, -0.2) is 50.4 Å². The molecular weight excluding hydrogens is 465 g/mol. The first-order valence-corrected chi connectivity index (χ1v) is 11.2. The summed E-state index contributed by atoms with van der Waals surface area (Å²) < 4.78 is 18.9. The Balaban J connectivity index is 1.47. The highest BCUT2D eigenvalue weighted by atomic mass is 19.1. The van der Waals surface area contributed by atoms with Crippen LogP contribution < -0.4 is 20.7 Å². The monoisotopic (exact) mass is 487 g/mol. The van der Waals surface area contributed by atoms with Gasteiger partial charge in [-0.1, -0.05) is 6.07 Å². The highest BCUT2D eigenvalue weighted by molar-refractivity contribution is 5.99. The first-order valence-electron chi connectivity index (χ1n) is 11.2. The minimum absolute atomic E-state index is 0.0729. The third-order valence-corrected chi connectivity index (χ3v) is 5.52. The fraction of sp³-hybridized carbons (Fsp3) is 0.208. The summed E-state index contributed by atoms with van der Waals surface area (Å²) in [5.74, 6) is 1.07. The zero-order valence-electron chi connectivity index (χ0n) is 19.5. The van der Waals surface area contributed by atoms with E-state index in [1.165, 1.54) is 14.2 Å². The fourth-order valence-electron chi connectivity index (χ4n) is 3.60. The number of hydrogen-bond acceptors (Lipinski definition) is 10. The number of para-hydroxylation sites is 1. The van der Waals surface area contributed by atoms with Crippen molar-refractivity contribution in [1.82, 2.24) is 35.7 Å². The lowest BCUT2D eigenvalue weighted by Gasteiger charge is -2.16. The summed E-state index contributed by atoms with van der Waals surface area (Å²) in [7, 11) is 3.00. The quantitative estimate of drug-likeness (QED) is 0.338. The Morgan fingerprint density at radius 2 is 1.75 bits per heavy atom. The standard InChI is InChI=1S/C24H22FN9O2/c1-26-24(35)21-18(10-20(33-34-21)30-19-9-8-16(31-32-19)13-6-7-13)29-17-5-3-4-15(22(17)36-2)23-27-11-14(25)12-28-23/h3-5,8-13H,6-7H2,1-2H3,(H,26,35)(H2,29,30,32,33). The Morgan fingerprint density at radius 1 is 0.972 bits per heavy atom. The van der Waals surface area contributed by atoms with Crippen LogP contribution in [0.4, 0.5) is 27.4 Å². The van der Waals surface area contributed by atoms with Crippen LogP contribution in [0.25, 0.3) is 11.4 Å². The number of hydrogen-bond donors (Lipinski definition) is 3. The van der Waals surface area contributed by atoms with E-state index >= 15 is 0 Å². The Kier molecular flexibility index (Phi) is 6.31. The fourth-order valence-corrected chi connectivity index (χ4v) is 3.60. The second-order valence-electron chi connectivity index (χ2n) is 8.05. The normalized spacial score (nSPS) is 12.6. The molecule has 1 amide bonds. The molecule has 4 aromatic rings. The van der Waals surface area contributed by atoms with Gasteiger partial charge in [-0.15, -0.1) is 15.3 Å². The Hall–Kier alpha value is -4.74. The molecule has 1 aliphatic rings. The summed E-state index contributed by atoms with van der Waals surface area (Å²) >= 11 is 0. The van der Waals surface area contributed by atoms with E-state index in [0.717, 1.165) is 30.9 Å². The largest absolute Gasteiger partial charge is 0.494 e. The van der Waals surface area contributed by atoms with E-state index in [1.807, 2.05) is 12.1 Å². The van der Waals surface area contributed by atoms with Gasteiger partial charge >= 0.3 is 0 Å². The van der Waals surface area contributed by atoms with Gasteiger partial charge in [-0.2, -0.15) is 5.10 Å². The molecule has 0 unspecified atom stereocenters. The molecule has 0 bridgehead atoms. The Morgan fingerprint density at radius 3 is 2.42 bits per heavy atom. The minimum Gasteiger partial charge on any atom is -0.494 e. The van der Waals surface area contributed by atoms with Crippen LogP contribution in [-0.2, 0) is 0 Å². The zero-order valence-corrected chi connectivity index (χ0v) is 19.5. The van der Waals surface area contributed by atoms with Crippen molar-refractivity contribution in [3.05, 3.63) is 66.0 Å². The number of nitrogens with zero attached hydrogens (tertiary/aromatic N) is 6. The van der Waals surface area contributed by atoms with Crippen LogP contribution in [0.1, 0.15) is 34.9 Å². The molecule has 182 valence electrons. The molecule has 0 aliphatic heterocycles. The predicted molar refractivity (Wildman–Crippen MR) is 130 cm³/mol. The number of rotatable bonds is 8.